The molecular weight excluding hydrogens is 208 g/mol. The van der Waals surface area contributed by atoms with E-state index in [2.05, 4.69) is 16.2 Å². The number of amides is 1. The van der Waals surface area contributed by atoms with Crippen molar-refractivity contribution < 1.29 is 4.79 Å². The molecule has 0 fully saturated rings. The fraction of sp³-hybridized carbons (Fsp3) is 0.455. The van der Waals surface area contributed by atoms with E-state index in [1.807, 2.05) is 6.92 Å². The first-order chi connectivity index (χ1) is 7.24. The summed E-state index contributed by atoms with van der Waals surface area (Å²) >= 11 is 1.48. The maximum absolute atomic E-state index is 11.5. The van der Waals surface area contributed by atoms with E-state index in [-0.39, 0.29) is 5.91 Å². The second-order valence-electron chi connectivity index (χ2n) is 3.17. The van der Waals surface area contributed by atoms with Crippen molar-refractivity contribution in [1.29, 1.82) is 0 Å². The number of rotatable bonds is 5. The minimum absolute atomic E-state index is 0.0972. The number of hydrogen-bond donors (Lipinski definition) is 1. The molecule has 0 aliphatic rings. The minimum atomic E-state index is -0.0972. The number of carbonyl (C=O) groups excluding carboxylic acids is 1. The average Bonchev–Trinajstić information content (AvgIpc) is 2.64. The zero-order valence-electron chi connectivity index (χ0n) is 8.75. The Hall–Kier alpha value is -1.34. The summed E-state index contributed by atoms with van der Waals surface area (Å²) in [5, 5.41) is 5.49. The van der Waals surface area contributed by atoms with Crippen LogP contribution in [0.15, 0.2) is 5.38 Å². The summed E-state index contributed by atoms with van der Waals surface area (Å²) < 4.78 is 0. The van der Waals surface area contributed by atoms with E-state index >= 15 is 0 Å². The molecule has 1 rings (SSSR count). The van der Waals surface area contributed by atoms with Crippen molar-refractivity contribution in [3.05, 3.63) is 16.1 Å². The summed E-state index contributed by atoms with van der Waals surface area (Å²) in [6, 6.07) is 0. The van der Waals surface area contributed by atoms with Crippen molar-refractivity contribution in [3.63, 3.8) is 0 Å². The van der Waals surface area contributed by atoms with E-state index in [0.717, 1.165) is 24.3 Å². The second-order valence-corrected chi connectivity index (χ2v) is 4.23. The van der Waals surface area contributed by atoms with Crippen LogP contribution in [0.2, 0.25) is 0 Å². The number of thiazole rings is 1. The van der Waals surface area contributed by atoms with Gasteiger partial charge in [-0.2, -0.15) is 0 Å². The highest BCUT2D eigenvalue weighted by molar-refractivity contribution is 7.09. The number of hydrogen-bond acceptors (Lipinski definition) is 3. The Morgan fingerprint density at radius 2 is 2.47 bits per heavy atom. The van der Waals surface area contributed by atoms with Crippen LogP contribution < -0.4 is 5.32 Å². The average molecular weight is 222 g/mol. The van der Waals surface area contributed by atoms with Crippen LogP contribution in [-0.2, 0) is 0 Å². The Labute approximate surface area is 93.9 Å². The molecule has 0 atom stereocenters. The quantitative estimate of drug-likeness (QED) is 0.611. The SMILES string of the molecule is C#CCCCCNC(=O)c1csc(C)n1. The zero-order valence-corrected chi connectivity index (χ0v) is 9.56. The van der Waals surface area contributed by atoms with Gasteiger partial charge in [0, 0.05) is 18.3 Å². The molecule has 1 aromatic heterocycles. The summed E-state index contributed by atoms with van der Waals surface area (Å²) in [5.74, 6) is 2.47. The van der Waals surface area contributed by atoms with Gasteiger partial charge in [0.1, 0.15) is 5.69 Å². The van der Waals surface area contributed by atoms with Crippen LogP contribution in [0.3, 0.4) is 0 Å². The van der Waals surface area contributed by atoms with E-state index in [9.17, 15) is 4.79 Å². The number of nitrogens with one attached hydrogen (secondary N) is 1. The number of nitrogens with zero attached hydrogens (tertiary/aromatic N) is 1. The molecule has 80 valence electrons. The molecule has 0 spiro atoms. The van der Waals surface area contributed by atoms with E-state index in [0.29, 0.717) is 12.2 Å². The molecule has 0 aromatic carbocycles. The number of carbonyl (C=O) groups is 1. The maximum Gasteiger partial charge on any atom is 0.270 e. The van der Waals surface area contributed by atoms with Crippen LogP contribution in [-0.4, -0.2) is 17.4 Å². The summed E-state index contributed by atoms with van der Waals surface area (Å²) in [5.41, 5.74) is 0.509. The molecule has 15 heavy (non-hydrogen) atoms. The fourth-order valence-electron chi connectivity index (χ4n) is 1.11. The van der Waals surface area contributed by atoms with Gasteiger partial charge in [-0.05, 0) is 19.8 Å². The van der Waals surface area contributed by atoms with Gasteiger partial charge in [-0.3, -0.25) is 4.79 Å². The Kier molecular flexibility index (Phi) is 4.85. The van der Waals surface area contributed by atoms with Crippen molar-refractivity contribution in [3.8, 4) is 12.3 Å². The first kappa shape index (κ1) is 11.7. The number of terminal acetylenes is 1. The lowest BCUT2D eigenvalue weighted by atomic mass is 10.2. The molecule has 1 aromatic rings. The predicted molar refractivity (Wildman–Crippen MR) is 61.9 cm³/mol. The lowest BCUT2D eigenvalue weighted by Crippen LogP contribution is -2.24. The van der Waals surface area contributed by atoms with Crippen molar-refractivity contribution in [2.24, 2.45) is 0 Å². The molecular formula is C11H14N2OS. The summed E-state index contributed by atoms with van der Waals surface area (Å²) in [6.45, 7) is 2.55. The van der Waals surface area contributed by atoms with E-state index < -0.39 is 0 Å². The molecule has 0 saturated heterocycles. The van der Waals surface area contributed by atoms with Gasteiger partial charge in [0.25, 0.3) is 5.91 Å². The smallest absolute Gasteiger partial charge is 0.270 e. The summed E-state index contributed by atoms with van der Waals surface area (Å²) in [7, 11) is 0. The normalized spacial score (nSPS) is 9.60. The van der Waals surface area contributed by atoms with Gasteiger partial charge >= 0.3 is 0 Å². The molecule has 0 aliphatic heterocycles. The van der Waals surface area contributed by atoms with Gasteiger partial charge in [-0.15, -0.1) is 23.7 Å². The third kappa shape index (κ3) is 4.13. The molecule has 1 N–H and O–H groups in total. The molecule has 0 radical (unpaired) electrons. The highest BCUT2D eigenvalue weighted by Crippen LogP contribution is 2.07. The molecule has 0 unspecified atom stereocenters. The number of aromatic nitrogens is 1. The van der Waals surface area contributed by atoms with E-state index in [1.165, 1.54) is 11.3 Å². The highest BCUT2D eigenvalue weighted by Gasteiger charge is 2.07. The van der Waals surface area contributed by atoms with E-state index in [1.54, 1.807) is 5.38 Å². The van der Waals surface area contributed by atoms with Crippen molar-refractivity contribution >= 4 is 17.2 Å². The Morgan fingerprint density at radius 3 is 3.07 bits per heavy atom. The Morgan fingerprint density at radius 1 is 1.67 bits per heavy atom. The summed E-state index contributed by atoms with van der Waals surface area (Å²) in [4.78, 5) is 15.6. The first-order valence-electron chi connectivity index (χ1n) is 4.88. The molecule has 1 amide bonds. The highest BCUT2D eigenvalue weighted by atomic mass is 32.1. The predicted octanol–water partition coefficient (Wildman–Crippen LogP) is 1.98. The molecule has 0 bridgehead atoms. The summed E-state index contributed by atoms with van der Waals surface area (Å²) in [6.07, 6.45) is 7.75. The van der Waals surface area contributed by atoms with Crippen molar-refractivity contribution in [1.82, 2.24) is 10.3 Å². The fourth-order valence-corrected chi connectivity index (χ4v) is 1.71. The molecule has 3 nitrogen and oxygen atoms in total. The largest absolute Gasteiger partial charge is 0.351 e. The Balaban J connectivity index is 2.23. The number of unbranched alkanes of at least 4 members (excludes halogenated alkanes) is 2. The van der Waals surface area contributed by atoms with E-state index in [4.69, 9.17) is 6.42 Å². The lowest BCUT2D eigenvalue weighted by Gasteiger charge is -2.01. The van der Waals surface area contributed by atoms with Crippen LogP contribution in [0.1, 0.15) is 34.8 Å². The van der Waals surface area contributed by atoms with Gasteiger partial charge in [0.2, 0.25) is 0 Å². The third-order valence-corrected chi connectivity index (χ3v) is 2.66. The third-order valence-electron chi connectivity index (χ3n) is 1.89. The second kappa shape index (κ2) is 6.20. The molecule has 1 heterocycles. The lowest BCUT2D eigenvalue weighted by molar-refractivity contribution is 0.0948. The van der Waals surface area contributed by atoms with Gasteiger partial charge in [0.15, 0.2) is 0 Å². The monoisotopic (exact) mass is 222 g/mol. The maximum atomic E-state index is 11.5. The van der Waals surface area contributed by atoms with Gasteiger partial charge in [-0.25, -0.2) is 4.98 Å². The minimum Gasteiger partial charge on any atom is -0.351 e. The van der Waals surface area contributed by atoms with Gasteiger partial charge in [0.05, 0.1) is 5.01 Å². The van der Waals surface area contributed by atoms with Gasteiger partial charge in [-0.1, -0.05) is 0 Å². The van der Waals surface area contributed by atoms with Crippen molar-refractivity contribution in [2.75, 3.05) is 6.54 Å². The molecule has 0 saturated carbocycles. The van der Waals surface area contributed by atoms with Crippen LogP contribution in [0.5, 0.6) is 0 Å². The Bertz CT molecular complexity index is 365. The van der Waals surface area contributed by atoms with Crippen LogP contribution >= 0.6 is 11.3 Å². The van der Waals surface area contributed by atoms with Crippen LogP contribution in [0.25, 0.3) is 0 Å². The van der Waals surface area contributed by atoms with Crippen LogP contribution in [0, 0.1) is 19.3 Å². The molecule has 4 heteroatoms. The first-order valence-corrected chi connectivity index (χ1v) is 5.76. The topological polar surface area (TPSA) is 42.0 Å². The van der Waals surface area contributed by atoms with Crippen molar-refractivity contribution in [2.45, 2.75) is 26.2 Å². The van der Waals surface area contributed by atoms with Gasteiger partial charge < -0.3 is 5.32 Å². The zero-order chi connectivity index (χ0) is 11.1. The van der Waals surface area contributed by atoms with Crippen LogP contribution in [0.4, 0.5) is 0 Å². The molecule has 0 aliphatic carbocycles. The number of aryl methyl sites for hydroxylation is 1. The standard InChI is InChI=1S/C11H14N2OS/c1-3-4-5-6-7-12-11(14)10-8-15-9(2)13-10/h1,8H,4-7H2,2H3,(H,12,14).